The van der Waals surface area contributed by atoms with Crippen LogP contribution in [0.2, 0.25) is 10.0 Å². The van der Waals surface area contributed by atoms with Gasteiger partial charge in [-0.1, -0.05) is 59.1 Å². The number of amides is 1. The van der Waals surface area contributed by atoms with Crippen LogP contribution in [0.15, 0.2) is 60.7 Å². The normalized spacial score (nSPS) is 10.7. The van der Waals surface area contributed by atoms with Crippen molar-refractivity contribution >= 4 is 34.8 Å². The molecule has 0 heterocycles. The lowest BCUT2D eigenvalue weighted by Crippen LogP contribution is -2.12. The van der Waals surface area contributed by atoms with Gasteiger partial charge in [0.05, 0.1) is 10.0 Å². The first-order chi connectivity index (χ1) is 13.4. The van der Waals surface area contributed by atoms with Gasteiger partial charge in [-0.25, -0.2) is 0 Å². The summed E-state index contributed by atoms with van der Waals surface area (Å²) in [6.45, 7) is 4.04. The van der Waals surface area contributed by atoms with Crippen molar-refractivity contribution in [3.63, 3.8) is 0 Å². The Morgan fingerprint density at radius 3 is 2.18 bits per heavy atom. The van der Waals surface area contributed by atoms with Crippen molar-refractivity contribution in [2.75, 3.05) is 5.32 Å². The Morgan fingerprint density at radius 1 is 0.821 bits per heavy atom. The van der Waals surface area contributed by atoms with Crippen LogP contribution in [-0.2, 0) is 12.8 Å². The van der Waals surface area contributed by atoms with Crippen LogP contribution in [0.3, 0.4) is 0 Å². The number of carbonyl (C=O) groups excluding carboxylic acids is 1. The zero-order valence-electron chi connectivity index (χ0n) is 16.1. The maximum atomic E-state index is 12.5. The van der Waals surface area contributed by atoms with Gasteiger partial charge in [-0.2, -0.15) is 0 Å². The van der Waals surface area contributed by atoms with E-state index >= 15 is 0 Å². The van der Waals surface area contributed by atoms with E-state index in [1.807, 2.05) is 68.4 Å². The minimum Gasteiger partial charge on any atom is -0.322 e. The topological polar surface area (TPSA) is 29.1 Å². The second-order valence-corrected chi connectivity index (χ2v) is 7.89. The maximum absolute atomic E-state index is 12.5. The molecule has 0 spiro atoms. The van der Waals surface area contributed by atoms with Crippen molar-refractivity contribution in [3.8, 4) is 0 Å². The van der Waals surface area contributed by atoms with Gasteiger partial charge in [-0.3, -0.25) is 4.79 Å². The Balaban J connectivity index is 1.55. The molecular formula is C24H23Cl2NO. The van der Waals surface area contributed by atoms with E-state index in [4.69, 9.17) is 23.2 Å². The first-order valence-electron chi connectivity index (χ1n) is 9.34. The van der Waals surface area contributed by atoms with Crippen molar-refractivity contribution in [3.05, 3.63) is 98.5 Å². The Morgan fingerprint density at radius 2 is 1.50 bits per heavy atom. The first kappa shape index (κ1) is 20.4. The number of aryl methyl sites for hydroxylation is 4. The van der Waals surface area contributed by atoms with Crippen molar-refractivity contribution in [2.24, 2.45) is 0 Å². The lowest BCUT2D eigenvalue weighted by Gasteiger charge is -2.10. The van der Waals surface area contributed by atoms with Gasteiger partial charge in [-0.15, -0.1) is 0 Å². The molecular weight excluding hydrogens is 389 g/mol. The van der Waals surface area contributed by atoms with E-state index in [-0.39, 0.29) is 5.91 Å². The van der Waals surface area contributed by atoms with E-state index in [0.717, 1.165) is 30.5 Å². The molecule has 1 N–H and O–H groups in total. The molecule has 4 heteroatoms. The molecule has 3 aromatic carbocycles. The van der Waals surface area contributed by atoms with Crippen molar-refractivity contribution in [1.29, 1.82) is 0 Å². The summed E-state index contributed by atoms with van der Waals surface area (Å²) in [6.07, 6.45) is 2.89. The molecule has 3 rings (SSSR count). The van der Waals surface area contributed by atoms with Crippen LogP contribution in [0, 0.1) is 13.8 Å². The minimum absolute atomic E-state index is 0.0886. The first-order valence-corrected chi connectivity index (χ1v) is 10.1. The SMILES string of the molecule is Cc1ccc(NC(=O)c2ccc(CCCc3ccc(Cl)c(Cl)c3)cc2)c(C)c1. The molecule has 0 aliphatic rings. The highest BCUT2D eigenvalue weighted by molar-refractivity contribution is 6.42. The summed E-state index contributed by atoms with van der Waals surface area (Å²) in [4.78, 5) is 12.5. The average molecular weight is 412 g/mol. The van der Waals surface area contributed by atoms with Gasteiger partial charge in [0.2, 0.25) is 0 Å². The monoisotopic (exact) mass is 411 g/mol. The molecule has 0 fully saturated rings. The van der Waals surface area contributed by atoms with Crippen LogP contribution in [0.1, 0.15) is 39.0 Å². The third kappa shape index (κ3) is 5.37. The second-order valence-electron chi connectivity index (χ2n) is 7.07. The van der Waals surface area contributed by atoms with Gasteiger partial charge in [0.1, 0.15) is 0 Å². The highest BCUT2D eigenvalue weighted by atomic mass is 35.5. The molecule has 0 saturated carbocycles. The zero-order chi connectivity index (χ0) is 20.1. The highest BCUT2D eigenvalue weighted by Gasteiger charge is 2.08. The summed E-state index contributed by atoms with van der Waals surface area (Å²) in [5, 5.41) is 4.16. The fourth-order valence-electron chi connectivity index (χ4n) is 3.16. The molecule has 0 unspecified atom stereocenters. The molecule has 0 aliphatic heterocycles. The Hall–Kier alpha value is -2.29. The minimum atomic E-state index is -0.0886. The van der Waals surface area contributed by atoms with Gasteiger partial charge >= 0.3 is 0 Å². The van der Waals surface area contributed by atoms with Crippen LogP contribution < -0.4 is 5.32 Å². The van der Waals surface area contributed by atoms with E-state index in [1.165, 1.54) is 16.7 Å². The van der Waals surface area contributed by atoms with E-state index in [9.17, 15) is 4.79 Å². The van der Waals surface area contributed by atoms with Gasteiger partial charge in [0.15, 0.2) is 0 Å². The van der Waals surface area contributed by atoms with E-state index in [1.54, 1.807) is 0 Å². The van der Waals surface area contributed by atoms with Crippen LogP contribution in [-0.4, -0.2) is 5.91 Å². The number of nitrogens with one attached hydrogen (secondary N) is 1. The average Bonchev–Trinajstić information content (AvgIpc) is 2.67. The molecule has 1 amide bonds. The van der Waals surface area contributed by atoms with Gasteiger partial charge in [-0.05, 0) is 80.1 Å². The van der Waals surface area contributed by atoms with Crippen molar-refractivity contribution in [1.82, 2.24) is 0 Å². The van der Waals surface area contributed by atoms with Gasteiger partial charge < -0.3 is 5.32 Å². The lowest BCUT2D eigenvalue weighted by molar-refractivity contribution is 0.102. The Bertz CT molecular complexity index is 980. The van der Waals surface area contributed by atoms with Crippen LogP contribution in [0.25, 0.3) is 0 Å². The fourth-order valence-corrected chi connectivity index (χ4v) is 3.48. The van der Waals surface area contributed by atoms with E-state index < -0.39 is 0 Å². The molecule has 0 aromatic heterocycles. The summed E-state index contributed by atoms with van der Waals surface area (Å²) >= 11 is 12.0. The third-order valence-corrected chi connectivity index (χ3v) is 5.50. The van der Waals surface area contributed by atoms with E-state index in [0.29, 0.717) is 15.6 Å². The number of halogens is 2. The molecule has 0 aliphatic carbocycles. The predicted octanol–water partition coefficient (Wildman–Crippen LogP) is 7.04. The number of carbonyl (C=O) groups is 1. The zero-order valence-corrected chi connectivity index (χ0v) is 17.6. The summed E-state index contributed by atoms with van der Waals surface area (Å²) in [5.41, 5.74) is 6.14. The summed E-state index contributed by atoms with van der Waals surface area (Å²) < 4.78 is 0. The lowest BCUT2D eigenvalue weighted by atomic mass is 10.0. The van der Waals surface area contributed by atoms with Crippen LogP contribution >= 0.6 is 23.2 Å². The van der Waals surface area contributed by atoms with Crippen molar-refractivity contribution < 1.29 is 4.79 Å². The number of benzene rings is 3. The Kier molecular flexibility index (Phi) is 6.77. The fraction of sp³-hybridized carbons (Fsp3) is 0.208. The number of hydrogen-bond acceptors (Lipinski definition) is 1. The third-order valence-electron chi connectivity index (χ3n) is 4.76. The molecule has 0 atom stereocenters. The molecule has 0 radical (unpaired) electrons. The maximum Gasteiger partial charge on any atom is 0.255 e. The van der Waals surface area contributed by atoms with Gasteiger partial charge in [0, 0.05) is 11.3 Å². The van der Waals surface area contributed by atoms with Crippen LogP contribution in [0.5, 0.6) is 0 Å². The predicted molar refractivity (Wildman–Crippen MR) is 119 cm³/mol. The van der Waals surface area contributed by atoms with E-state index in [2.05, 4.69) is 11.4 Å². The molecule has 144 valence electrons. The summed E-state index contributed by atoms with van der Waals surface area (Å²) in [7, 11) is 0. The number of rotatable bonds is 6. The Labute approximate surface area is 176 Å². The molecule has 3 aromatic rings. The van der Waals surface area contributed by atoms with Crippen LogP contribution in [0.4, 0.5) is 5.69 Å². The smallest absolute Gasteiger partial charge is 0.255 e. The number of anilines is 1. The van der Waals surface area contributed by atoms with Crippen molar-refractivity contribution in [2.45, 2.75) is 33.1 Å². The molecule has 28 heavy (non-hydrogen) atoms. The molecule has 0 bridgehead atoms. The molecule has 0 saturated heterocycles. The van der Waals surface area contributed by atoms with Gasteiger partial charge in [0.25, 0.3) is 5.91 Å². The summed E-state index contributed by atoms with van der Waals surface area (Å²) in [5.74, 6) is -0.0886. The molecule has 2 nitrogen and oxygen atoms in total. The standard InChI is InChI=1S/C24H23Cl2NO/c1-16-6-13-23(17(2)14-16)27-24(28)20-10-7-18(8-11-20)4-3-5-19-9-12-21(25)22(26)15-19/h6-15H,3-5H2,1-2H3,(H,27,28). The largest absolute Gasteiger partial charge is 0.322 e. The number of hydrogen-bond donors (Lipinski definition) is 1. The second kappa shape index (κ2) is 9.27. The quantitative estimate of drug-likeness (QED) is 0.462. The summed E-state index contributed by atoms with van der Waals surface area (Å²) in [6, 6.07) is 19.6. The highest BCUT2D eigenvalue weighted by Crippen LogP contribution is 2.23.